The lowest BCUT2D eigenvalue weighted by Crippen LogP contribution is -2.46. The van der Waals surface area contributed by atoms with Crippen molar-refractivity contribution in [3.63, 3.8) is 0 Å². The zero-order valence-corrected chi connectivity index (χ0v) is 18.8. The Morgan fingerprint density at radius 1 is 0.905 bits per heavy atom. The van der Waals surface area contributed by atoms with Crippen molar-refractivity contribution in [3.05, 3.63) is 0 Å². The monoisotopic (exact) mass is 426 g/mol. The maximum absolute atomic E-state index is 6.77. The molecule has 0 aliphatic heterocycles. The number of hydrogen-bond acceptors (Lipinski definition) is 1. The van der Waals surface area contributed by atoms with Gasteiger partial charge in [0.2, 0.25) is 0 Å². The molecule has 0 rings (SSSR count). The number of alkyl halides is 1. The maximum atomic E-state index is 6.77. The summed E-state index contributed by atoms with van der Waals surface area (Å²) in [4.78, 5) is 0. The van der Waals surface area contributed by atoms with Gasteiger partial charge in [-0.3, -0.25) is 0 Å². The van der Waals surface area contributed by atoms with Gasteiger partial charge in [0.15, 0.2) is 8.32 Å². The van der Waals surface area contributed by atoms with Gasteiger partial charge in [0.25, 0.3) is 0 Å². The van der Waals surface area contributed by atoms with Gasteiger partial charge in [-0.05, 0) is 31.0 Å². The van der Waals surface area contributed by atoms with Gasteiger partial charge in [0.1, 0.15) is 0 Å². The first-order valence-corrected chi connectivity index (χ1v) is 13.1. The highest BCUT2D eigenvalue weighted by atomic mass is 127. The molecular formula is C18H39IOSi. The molecule has 3 heteroatoms. The second kappa shape index (κ2) is 10.6. The second-order valence-electron chi connectivity index (χ2n) is 7.92. The maximum Gasteiger partial charge on any atom is 0.192 e. The predicted octanol–water partition coefficient (Wildman–Crippen LogP) is 7.34. The summed E-state index contributed by atoms with van der Waals surface area (Å²) in [5, 5.41) is 0.315. The lowest BCUT2D eigenvalue weighted by atomic mass is 10.0. The summed E-state index contributed by atoms with van der Waals surface area (Å²) in [5.41, 5.74) is 0. The molecule has 0 aliphatic carbocycles. The van der Waals surface area contributed by atoms with Crippen molar-refractivity contribution in [2.75, 3.05) is 0 Å². The standard InChI is InChI=1S/C18H39IOSi/c1-8-10-12-14-16(19)17(15-13-11-9-2)20-21(6,7)18(3,4)5/h16-17H,8-15H2,1-7H3/t16-,17+/m0/s1. The van der Waals surface area contributed by atoms with Crippen LogP contribution in [0.1, 0.15) is 86.0 Å². The molecule has 0 aromatic rings. The van der Waals surface area contributed by atoms with Crippen molar-refractivity contribution in [2.45, 2.75) is 114 Å². The fourth-order valence-corrected chi connectivity index (χ4v) is 4.86. The molecule has 1 nitrogen and oxygen atoms in total. The fourth-order valence-electron chi connectivity index (χ4n) is 2.24. The van der Waals surface area contributed by atoms with Crippen LogP contribution in [0.3, 0.4) is 0 Å². The van der Waals surface area contributed by atoms with Gasteiger partial charge in [0, 0.05) is 3.92 Å². The molecule has 0 N–H and O–H groups in total. The molecule has 0 amide bonds. The molecule has 0 unspecified atom stereocenters. The highest BCUT2D eigenvalue weighted by Gasteiger charge is 2.40. The Morgan fingerprint density at radius 3 is 1.81 bits per heavy atom. The Kier molecular flexibility index (Phi) is 11.1. The Balaban J connectivity index is 4.64. The molecule has 0 aliphatic rings. The summed E-state index contributed by atoms with van der Waals surface area (Å²) in [5.74, 6) is 0. The molecule has 128 valence electrons. The Morgan fingerprint density at radius 2 is 1.38 bits per heavy atom. The van der Waals surface area contributed by atoms with Gasteiger partial charge < -0.3 is 4.43 Å². The number of hydrogen-bond donors (Lipinski definition) is 0. The van der Waals surface area contributed by atoms with Crippen molar-refractivity contribution >= 4 is 30.9 Å². The highest BCUT2D eigenvalue weighted by molar-refractivity contribution is 14.1. The number of halogens is 1. The third-order valence-corrected chi connectivity index (χ3v) is 10.8. The van der Waals surface area contributed by atoms with E-state index in [0.717, 1.165) is 0 Å². The van der Waals surface area contributed by atoms with Gasteiger partial charge in [-0.25, -0.2) is 0 Å². The fraction of sp³-hybridized carbons (Fsp3) is 1.00. The zero-order valence-electron chi connectivity index (χ0n) is 15.6. The molecule has 0 radical (unpaired) electrons. The van der Waals surface area contributed by atoms with Crippen LogP contribution < -0.4 is 0 Å². The van der Waals surface area contributed by atoms with Crippen LogP contribution in [0.5, 0.6) is 0 Å². The minimum atomic E-state index is -1.64. The Bertz CT molecular complexity index is 260. The van der Waals surface area contributed by atoms with E-state index in [-0.39, 0.29) is 0 Å². The van der Waals surface area contributed by atoms with Crippen molar-refractivity contribution in [1.82, 2.24) is 0 Å². The lowest BCUT2D eigenvalue weighted by molar-refractivity contribution is 0.164. The van der Waals surface area contributed by atoms with E-state index in [1.165, 1.54) is 51.4 Å². The van der Waals surface area contributed by atoms with E-state index in [1.54, 1.807) is 0 Å². The minimum Gasteiger partial charge on any atom is -0.413 e. The van der Waals surface area contributed by atoms with E-state index in [1.807, 2.05) is 0 Å². The molecule has 0 bridgehead atoms. The van der Waals surface area contributed by atoms with Crippen LogP contribution in [0.25, 0.3) is 0 Å². The van der Waals surface area contributed by atoms with E-state index in [4.69, 9.17) is 4.43 Å². The van der Waals surface area contributed by atoms with Crippen LogP contribution in [0.15, 0.2) is 0 Å². The summed E-state index contributed by atoms with van der Waals surface area (Å²) in [6.07, 6.45) is 11.0. The van der Waals surface area contributed by atoms with Crippen LogP contribution >= 0.6 is 22.6 Å². The second-order valence-corrected chi connectivity index (χ2v) is 14.3. The van der Waals surface area contributed by atoms with Crippen LogP contribution in [0.2, 0.25) is 18.1 Å². The van der Waals surface area contributed by atoms with E-state index in [2.05, 4.69) is 70.3 Å². The Hall–Kier alpha value is 0.907. The van der Waals surface area contributed by atoms with E-state index < -0.39 is 8.32 Å². The average molecular weight is 426 g/mol. The molecule has 0 spiro atoms. The van der Waals surface area contributed by atoms with Crippen molar-refractivity contribution in [2.24, 2.45) is 0 Å². The van der Waals surface area contributed by atoms with Crippen molar-refractivity contribution < 1.29 is 4.43 Å². The van der Waals surface area contributed by atoms with E-state index in [9.17, 15) is 0 Å². The normalized spacial score (nSPS) is 16.0. The van der Waals surface area contributed by atoms with Gasteiger partial charge in [-0.2, -0.15) is 0 Å². The molecule has 2 atom stereocenters. The molecule has 0 aromatic heterocycles. The third-order valence-electron chi connectivity index (χ3n) is 4.83. The minimum absolute atomic E-state index is 0.315. The molecular weight excluding hydrogens is 387 g/mol. The topological polar surface area (TPSA) is 9.23 Å². The quantitative estimate of drug-likeness (QED) is 0.145. The lowest BCUT2D eigenvalue weighted by Gasteiger charge is -2.40. The smallest absolute Gasteiger partial charge is 0.192 e. The first kappa shape index (κ1) is 21.9. The summed E-state index contributed by atoms with van der Waals surface area (Å²) in [6.45, 7) is 16.4. The van der Waals surface area contributed by atoms with E-state index >= 15 is 0 Å². The molecule has 0 saturated carbocycles. The summed E-state index contributed by atoms with van der Waals surface area (Å²) < 4.78 is 7.45. The predicted molar refractivity (Wildman–Crippen MR) is 108 cm³/mol. The van der Waals surface area contributed by atoms with Gasteiger partial charge in [0.05, 0.1) is 6.10 Å². The molecule has 21 heavy (non-hydrogen) atoms. The average Bonchev–Trinajstić information content (AvgIpc) is 2.36. The van der Waals surface area contributed by atoms with Gasteiger partial charge in [-0.15, -0.1) is 0 Å². The number of rotatable bonds is 11. The van der Waals surface area contributed by atoms with Crippen molar-refractivity contribution in [1.29, 1.82) is 0 Å². The molecule has 0 saturated heterocycles. The molecule has 0 aromatic carbocycles. The van der Waals surface area contributed by atoms with Gasteiger partial charge in [-0.1, -0.05) is 95.7 Å². The first-order valence-electron chi connectivity index (χ1n) is 8.97. The first-order chi connectivity index (χ1) is 9.65. The highest BCUT2D eigenvalue weighted by Crippen LogP contribution is 2.39. The third kappa shape index (κ3) is 8.94. The van der Waals surface area contributed by atoms with Crippen LogP contribution in [-0.2, 0) is 4.43 Å². The summed E-state index contributed by atoms with van der Waals surface area (Å²) in [6, 6.07) is 0. The van der Waals surface area contributed by atoms with Crippen molar-refractivity contribution in [3.8, 4) is 0 Å². The SMILES string of the molecule is CCCCC[C@H](I)[C@@H](CCCCC)O[Si](C)(C)C(C)(C)C. The van der Waals surface area contributed by atoms with Crippen LogP contribution in [0, 0.1) is 0 Å². The Labute approximate surface area is 149 Å². The molecule has 0 heterocycles. The van der Waals surface area contributed by atoms with Crippen LogP contribution in [-0.4, -0.2) is 18.3 Å². The largest absolute Gasteiger partial charge is 0.413 e. The van der Waals surface area contributed by atoms with Gasteiger partial charge >= 0.3 is 0 Å². The summed E-state index contributed by atoms with van der Waals surface area (Å²) in [7, 11) is -1.64. The zero-order chi connectivity index (χ0) is 16.5. The van der Waals surface area contributed by atoms with E-state index in [0.29, 0.717) is 15.1 Å². The van der Waals surface area contributed by atoms with Crippen LogP contribution in [0.4, 0.5) is 0 Å². The number of unbranched alkanes of at least 4 members (excludes halogenated alkanes) is 4. The summed E-state index contributed by atoms with van der Waals surface area (Å²) >= 11 is 2.66. The molecule has 0 fully saturated rings.